The molecule has 0 radical (unpaired) electrons. The van der Waals surface area contributed by atoms with Gasteiger partial charge in [0.1, 0.15) is 12.2 Å². The van der Waals surface area contributed by atoms with Crippen molar-refractivity contribution in [3.05, 3.63) is 0 Å². The fourth-order valence-electron chi connectivity index (χ4n) is 2.90. The number of hydrogen-bond donors (Lipinski definition) is 2. The number of carboxylic acid groups (broad SMARTS) is 1. The molecular formula is C14H21FN2O5. The average Bonchev–Trinajstić information content (AvgIpc) is 3.22. The molecule has 2 fully saturated rings. The van der Waals surface area contributed by atoms with Crippen molar-refractivity contribution in [1.82, 2.24) is 9.96 Å². The normalized spacial score (nSPS) is 25.8. The zero-order valence-electron chi connectivity index (χ0n) is 12.2. The van der Waals surface area contributed by atoms with Crippen molar-refractivity contribution in [2.75, 3.05) is 13.1 Å². The number of alkyl halides is 1. The van der Waals surface area contributed by atoms with E-state index in [-0.39, 0.29) is 25.9 Å². The van der Waals surface area contributed by atoms with Crippen LogP contribution >= 0.6 is 0 Å². The highest BCUT2D eigenvalue weighted by molar-refractivity contribution is 5.86. The molecule has 0 aromatic carbocycles. The van der Waals surface area contributed by atoms with Gasteiger partial charge in [-0.15, -0.1) is 0 Å². The first-order chi connectivity index (χ1) is 10.4. The number of carbonyl (C=O) groups excluding carboxylic acids is 2. The third-order valence-electron chi connectivity index (χ3n) is 4.32. The van der Waals surface area contributed by atoms with Crippen LogP contribution in [0.5, 0.6) is 0 Å². The number of carboxylic acids is 1. The molecule has 0 spiro atoms. The van der Waals surface area contributed by atoms with E-state index >= 15 is 0 Å². The van der Waals surface area contributed by atoms with Gasteiger partial charge < -0.3 is 10.0 Å². The molecule has 2 N–H and O–H groups in total. The standard InChI is InChI=1S/C14H21FN2O5/c15-11-5-12(14(20)21)17(7-11)13(19)10(6-16(22)8-18)4-3-9-1-2-9/h8-12,22H,1-7H2,(H,20,21). The summed E-state index contributed by atoms with van der Waals surface area (Å²) in [6, 6.07) is -1.17. The second-order valence-corrected chi connectivity index (χ2v) is 6.12. The van der Waals surface area contributed by atoms with Crippen LogP contribution in [0.25, 0.3) is 0 Å². The predicted molar refractivity (Wildman–Crippen MR) is 72.7 cm³/mol. The molecule has 3 atom stereocenters. The summed E-state index contributed by atoms with van der Waals surface area (Å²) >= 11 is 0. The molecule has 2 amide bonds. The molecule has 8 heteroatoms. The van der Waals surface area contributed by atoms with E-state index in [2.05, 4.69) is 0 Å². The van der Waals surface area contributed by atoms with Crippen molar-refractivity contribution in [2.45, 2.75) is 44.3 Å². The smallest absolute Gasteiger partial charge is 0.326 e. The second kappa shape index (κ2) is 7.04. The Labute approximate surface area is 127 Å². The highest BCUT2D eigenvalue weighted by Gasteiger charge is 2.42. The summed E-state index contributed by atoms with van der Waals surface area (Å²) < 4.78 is 13.5. The van der Waals surface area contributed by atoms with Crippen molar-refractivity contribution in [3.8, 4) is 0 Å². The van der Waals surface area contributed by atoms with Crippen LogP contribution in [0, 0.1) is 11.8 Å². The lowest BCUT2D eigenvalue weighted by Crippen LogP contribution is -2.46. The summed E-state index contributed by atoms with van der Waals surface area (Å²) in [5.41, 5.74) is 0. The fraction of sp³-hybridized carbons (Fsp3) is 0.786. The Morgan fingerprint density at radius 3 is 2.64 bits per heavy atom. The summed E-state index contributed by atoms with van der Waals surface area (Å²) in [7, 11) is 0. The number of carbonyl (C=O) groups is 3. The molecule has 7 nitrogen and oxygen atoms in total. The van der Waals surface area contributed by atoms with Gasteiger partial charge in [-0.05, 0) is 18.8 Å². The van der Waals surface area contributed by atoms with Gasteiger partial charge in [0.05, 0.1) is 19.0 Å². The van der Waals surface area contributed by atoms with Crippen LogP contribution < -0.4 is 0 Å². The first-order valence-corrected chi connectivity index (χ1v) is 7.50. The van der Waals surface area contributed by atoms with Gasteiger partial charge in [-0.3, -0.25) is 14.8 Å². The topological polar surface area (TPSA) is 98.2 Å². The van der Waals surface area contributed by atoms with Crippen molar-refractivity contribution in [3.63, 3.8) is 0 Å². The largest absolute Gasteiger partial charge is 0.480 e. The quantitative estimate of drug-likeness (QED) is 0.389. The van der Waals surface area contributed by atoms with Crippen molar-refractivity contribution in [2.24, 2.45) is 11.8 Å². The molecule has 1 heterocycles. The Hall–Kier alpha value is -1.70. The molecule has 2 rings (SSSR count). The van der Waals surface area contributed by atoms with Crippen molar-refractivity contribution in [1.29, 1.82) is 0 Å². The molecule has 0 aromatic heterocycles. The van der Waals surface area contributed by atoms with Crippen LogP contribution in [0.4, 0.5) is 4.39 Å². The molecule has 1 aliphatic carbocycles. The number of amides is 2. The number of halogens is 1. The second-order valence-electron chi connectivity index (χ2n) is 6.12. The molecule has 0 aromatic rings. The number of rotatable bonds is 8. The number of hydroxylamine groups is 2. The monoisotopic (exact) mass is 316 g/mol. The van der Waals surface area contributed by atoms with Gasteiger partial charge in [-0.25, -0.2) is 14.2 Å². The fourth-order valence-corrected chi connectivity index (χ4v) is 2.90. The van der Waals surface area contributed by atoms with Gasteiger partial charge in [-0.2, -0.15) is 0 Å². The summed E-state index contributed by atoms with van der Waals surface area (Å²) in [6.07, 6.45) is 2.07. The lowest BCUT2D eigenvalue weighted by Gasteiger charge is -2.27. The Morgan fingerprint density at radius 2 is 2.09 bits per heavy atom. The zero-order valence-corrected chi connectivity index (χ0v) is 12.2. The maximum absolute atomic E-state index is 13.5. The molecule has 1 saturated carbocycles. The van der Waals surface area contributed by atoms with Gasteiger partial charge in [-0.1, -0.05) is 12.8 Å². The van der Waals surface area contributed by atoms with Gasteiger partial charge in [0.15, 0.2) is 0 Å². The number of likely N-dealkylation sites (tertiary alicyclic amines) is 1. The highest BCUT2D eigenvalue weighted by atomic mass is 19.1. The minimum Gasteiger partial charge on any atom is -0.480 e. The summed E-state index contributed by atoms with van der Waals surface area (Å²) in [6.45, 7) is -0.447. The SMILES string of the molecule is O=CN(O)CC(CCC1CC1)C(=O)N1CC(F)CC1C(=O)O. The Bertz CT molecular complexity index is 443. The predicted octanol–water partition coefficient (Wildman–Crippen LogP) is 0.664. The molecule has 22 heavy (non-hydrogen) atoms. The average molecular weight is 316 g/mol. The van der Waals surface area contributed by atoms with E-state index < -0.39 is 30.0 Å². The van der Waals surface area contributed by atoms with Crippen LogP contribution in [0.15, 0.2) is 0 Å². The molecule has 1 saturated heterocycles. The maximum atomic E-state index is 13.5. The Kier molecular flexibility index (Phi) is 5.33. The first-order valence-electron chi connectivity index (χ1n) is 7.50. The molecule has 124 valence electrons. The maximum Gasteiger partial charge on any atom is 0.326 e. The minimum atomic E-state index is -1.36. The third-order valence-corrected chi connectivity index (χ3v) is 4.32. The Morgan fingerprint density at radius 1 is 1.41 bits per heavy atom. The molecular weight excluding hydrogens is 295 g/mol. The van der Waals surface area contributed by atoms with Gasteiger partial charge in [0.2, 0.25) is 12.3 Å². The van der Waals surface area contributed by atoms with E-state index in [0.29, 0.717) is 17.4 Å². The van der Waals surface area contributed by atoms with Crippen LogP contribution in [0.3, 0.4) is 0 Å². The molecule has 1 aliphatic heterocycles. The summed E-state index contributed by atoms with van der Waals surface area (Å²) in [5, 5.41) is 18.8. The van der Waals surface area contributed by atoms with Gasteiger partial charge in [0.25, 0.3) is 0 Å². The summed E-state index contributed by atoms with van der Waals surface area (Å²) in [4.78, 5) is 35.3. The third kappa shape index (κ3) is 4.16. The number of nitrogens with zero attached hydrogens (tertiary/aromatic N) is 2. The van der Waals surface area contributed by atoms with E-state index in [1.807, 2.05) is 0 Å². The van der Waals surface area contributed by atoms with E-state index in [1.54, 1.807) is 0 Å². The lowest BCUT2D eigenvalue weighted by molar-refractivity contribution is -0.159. The van der Waals surface area contributed by atoms with Crippen LogP contribution in [-0.2, 0) is 14.4 Å². The van der Waals surface area contributed by atoms with Gasteiger partial charge >= 0.3 is 5.97 Å². The van der Waals surface area contributed by atoms with E-state index in [4.69, 9.17) is 5.11 Å². The van der Waals surface area contributed by atoms with E-state index in [1.165, 1.54) is 0 Å². The van der Waals surface area contributed by atoms with Gasteiger partial charge in [0, 0.05) is 6.42 Å². The van der Waals surface area contributed by atoms with Crippen LogP contribution in [0.2, 0.25) is 0 Å². The summed E-state index contributed by atoms with van der Waals surface area (Å²) in [5.74, 6) is -1.89. The highest BCUT2D eigenvalue weighted by Crippen LogP contribution is 2.35. The first kappa shape index (κ1) is 16.7. The molecule has 3 unspecified atom stereocenters. The van der Waals surface area contributed by atoms with E-state index in [9.17, 15) is 24.0 Å². The Balaban J connectivity index is 2.04. The zero-order chi connectivity index (χ0) is 16.3. The number of aliphatic carboxylic acids is 1. The lowest BCUT2D eigenvalue weighted by atomic mass is 9.99. The minimum absolute atomic E-state index is 0.200. The van der Waals surface area contributed by atoms with Crippen molar-refractivity contribution >= 4 is 18.3 Å². The van der Waals surface area contributed by atoms with Crippen LogP contribution in [-0.4, -0.2) is 63.9 Å². The molecule has 2 aliphatic rings. The molecule has 0 bridgehead atoms. The van der Waals surface area contributed by atoms with Crippen LogP contribution in [0.1, 0.15) is 32.1 Å². The van der Waals surface area contributed by atoms with E-state index in [0.717, 1.165) is 24.2 Å². The number of hydrogen-bond acceptors (Lipinski definition) is 4. The van der Waals surface area contributed by atoms with Crippen molar-refractivity contribution < 1.29 is 29.1 Å².